The van der Waals surface area contributed by atoms with Crippen molar-refractivity contribution in [3.05, 3.63) is 35.9 Å². The van der Waals surface area contributed by atoms with Crippen molar-refractivity contribution in [2.75, 3.05) is 13.2 Å². The third-order valence-electron chi connectivity index (χ3n) is 4.62. The molecule has 1 aromatic rings. The minimum absolute atomic E-state index is 0.0445. The number of nitrogens with one attached hydrogen (secondary N) is 2. The summed E-state index contributed by atoms with van der Waals surface area (Å²) in [5, 5.41) is 24.6. The van der Waals surface area contributed by atoms with Gasteiger partial charge in [0, 0.05) is 25.2 Å². The maximum absolute atomic E-state index is 12.4. The van der Waals surface area contributed by atoms with E-state index in [0.717, 1.165) is 31.2 Å². The molecule has 0 aromatic heterocycles. The normalized spacial score (nSPS) is 22.3. The SMILES string of the molecule is O=C(NC(CCCO)c1ccccc1)NC1CCCCC1CO. The van der Waals surface area contributed by atoms with Crippen molar-refractivity contribution in [3.8, 4) is 0 Å². The lowest BCUT2D eigenvalue weighted by molar-refractivity contribution is 0.153. The van der Waals surface area contributed by atoms with Gasteiger partial charge in [-0.15, -0.1) is 0 Å². The first kappa shape index (κ1) is 17.8. The van der Waals surface area contributed by atoms with Crippen LogP contribution in [0.5, 0.6) is 0 Å². The minimum atomic E-state index is -0.192. The van der Waals surface area contributed by atoms with Crippen molar-refractivity contribution in [2.24, 2.45) is 5.92 Å². The van der Waals surface area contributed by atoms with Crippen LogP contribution in [0.1, 0.15) is 50.1 Å². The lowest BCUT2D eigenvalue weighted by Crippen LogP contribution is -2.48. The van der Waals surface area contributed by atoms with E-state index in [-0.39, 0.29) is 37.2 Å². The number of hydrogen-bond donors (Lipinski definition) is 4. The van der Waals surface area contributed by atoms with Crippen molar-refractivity contribution < 1.29 is 15.0 Å². The first-order chi connectivity index (χ1) is 11.2. The highest BCUT2D eigenvalue weighted by Gasteiger charge is 2.26. The molecule has 0 spiro atoms. The number of aliphatic hydroxyl groups is 2. The topological polar surface area (TPSA) is 81.6 Å². The van der Waals surface area contributed by atoms with Crippen molar-refractivity contribution in [2.45, 2.75) is 50.6 Å². The summed E-state index contributed by atoms with van der Waals surface area (Å²) in [5.41, 5.74) is 1.04. The van der Waals surface area contributed by atoms with E-state index in [4.69, 9.17) is 5.11 Å². The largest absolute Gasteiger partial charge is 0.396 e. The molecule has 5 heteroatoms. The summed E-state index contributed by atoms with van der Waals surface area (Å²) in [7, 11) is 0. The highest BCUT2D eigenvalue weighted by Crippen LogP contribution is 2.24. The molecule has 0 bridgehead atoms. The molecule has 3 atom stereocenters. The lowest BCUT2D eigenvalue weighted by Gasteiger charge is -2.31. The zero-order chi connectivity index (χ0) is 16.5. The summed E-state index contributed by atoms with van der Waals surface area (Å²) >= 11 is 0. The fourth-order valence-electron chi connectivity index (χ4n) is 3.29. The van der Waals surface area contributed by atoms with Gasteiger partial charge < -0.3 is 20.8 Å². The molecule has 5 nitrogen and oxygen atoms in total. The van der Waals surface area contributed by atoms with Gasteiger partial charge >= 0.3 is 6.03 Å². The van der Waals surface area contributed by atoms with E-state index >= 15 is 0 Å². The first-order valence-electron chi connectivity index (χ1n) is 8.58. The molecule has 0 saturated heterocycles. The fraction of sp³-hybridized carbons (Fsp3) is 0.611. The number of rotatable bonds is 7. The monoisotopic (exact) mass is 320 g/mol. The molecule has 0 aliphatic heterocycles. The van der Waals surface area contributed by atoms with Crippen LogP contribution >= 0.6 is 0 Å². The van der Waals surface area contributed by atoms with Gasteiger partial charge in [0.05, 0.1) is 6.04 Å². The Morgan fingerprint density at radius 2 is 1.91 bits per heavy atom. The van der Waals surface area contributed by atoms with Crippen LogP contribution in [0.25, 0.3) is 0 Å². The molecule has 1 saturated carbocycles. The molecule has 1 fully saturated rings. The predicted molar refractivity (Wildman–Crippen MR) is 90.0 cm³/mol. The average Bonchev–Trinajstić information content (AvgIpc) is 2.59. The molecule has 0 heterocycles. The van der Waals surface area contributed by atoms with Gasteiger partial charge in [0.2, 0.25) is 0 Å². The summed E-state index contributed by atoms with van der Waals surface area (Å²) in [6.45, 7) is 0.236. The quantitative estimate of drug-likeness (QED) is 0.622. The summed E-state index contributed by atoms with van der Waals surface area (Å²) in [5.74, 6) is 0.155. The zero-order valence-electron chi connectivity index (χ0n) is 13.6. The number of amides is 2. The van der Waals surface area contributed by atoms with E-state index < -0.39 is 0 Å². The van der Waals surface area contributed by atoms with Crippen LogP contribution in [-0.4, -0.2) is 35.5 Å². The first-order valence-corrected chi connectivity index (χ1v) is 8.58. The van der Waals surface area contributed by atoms with Gasteiger partial charge in [0.25, 0.3) is 0 Å². The number of hydrogen-bond acceptors (Lipinski definition) is 3. The van der Waals surface area contributed by atoms with Gasteiger partial charge in [-0.05, 0) is 31.2 Å². The Labute approximate surface area is 138 Å². The van der Waals surface area contributed by atoms with E-state index in [1.54, 1.807) is 0 Å². The van der Waals surface area contributed by atoms with Crippen molar-refractivity contribution >= 4 is 6.03 Å². The van der Waals surface area contributed by atoms with Gasteiger partial charge in [-0.2, -0.15) is 0 Å². The third-order valence-corrected chi connectivity index (χ3v) is 4.62. The highest BCUT2D eigenvalue weighted by atomic mass is 16.3. The zero-order valence-corrected chi connectivity index (χ0v) is 13.6. The Kier molecular flexibility index (Phi) is 7.36. The van der Waals surface area contributed by atoms with E-state index in [9.17, 15) is 9.90 Å². The Morgan fingerprint density at radius 3 is 2.61 bits per heavy atom. The molecule has 1 aliphatic carbocycles. The van der Waals surface area contributed by atoms with Crippen LogP contribution in [0, 0.1) is 5.92 Å². The predicted octanol–water partition coefficient (Wildman–Crippen LogP) is 2.35. The van der Waals surface area contributed by atoms with Gasteiger partial charge in [0.15, 0.2) is 0 Å². The smallest absolute Gasteiger partial charge is 0.315 e. The molecule has 2 amide bonds. The lowest BCUT2D eigenvalue weighted by atomic mass is 9.85. The highest BCUT2D eigenvalue weighted by molar-refractivity contribution is 5.74. The Morgan fingerprint density at radius 1 is 1.17 bits per heavy atom. The van der Waals surface area contributed by atoms with Crippen LogP contribution in [0.3, 0.4) is 0 Å². The van der Waals surface area contributed by atoms with Gasteiger partial charge in [-0.25, -0.2) is 4.79 Å². The molecule has 2 rings (SSSR count). The fourth-order valence-corrected chi connectivity index (χ4v) is 3.29. The summed E-state index contributed by atoms with van der Waals surface area (Å²) in [6, 6.07) is 9.55. The van der Waals surface area contributed by atoms with E-state index in [1.807, 2.05) is 30.3 Å². The van der Waals surface area contributed by atoms with Crippen LogP contribution in [0.15, 0.2) is 30.3 Å². The van der Waals surface area contributed by atoms with Gasteiger partial charge in [-0.3, -0.25) is 0 Å². The molecule has 3 unspecified atom stereocenters. The molecule has 4 N–H and O–H groups in total. The maximum atomic E-state index is 12.4. The maximum Gasteiger partial charge on any atom is 0.315 e. The molecule has 1 aliphatic rings. The summed E-state index contributed by atoms with van der Waals surface area (Å²) < 4.78 is 0. The summed E-state index contributed by atoms with van der Waals surface area (Å²) in [4.78, 5) is 12.4. The third kappa shape index (κ3) is 5.52. The van der Waals surface area contributed by atoms with E-state index in [2.05, 4.69) is 10.6 Å². The number of urea groups is 1. The molecule has 1 aromatic carbocycles. The second-order valence-corrected chi connectivity index (χ2v) is 6.28. The average molecular weight is 320 g/mol. The van der Waals surface area contributed by atoms with Gasteiger partial charge in [0.1, 0.15) is 0 Å². The van der Waals surface area contributed by atoms with Crippen LogP contribution in [-0.2, 0) is 0 Å². The van der Waals surface area contributed by atoms with Crippen molar-refractivity contribution in [1.82, 2.24) is 10.6 Å². The molecular formula is C18H28N2O3. The van der Waals surface area contributed by atoms with Crippen LogP contribution in [0.2, 0.25) is 0 Å². The molecule has 23 heavy (non-hydrogen) atoms. The van der Waals surface area contributed by atoms with Gasteiger partial charge in [-0.1, -0.05) is 43.2 Å². The standard InChI is InChI=1S/C18H28N2O3/c21-12-6-11-16(14-7-2-1-3-8-14)19-18(23)20-17-10-5-4-9-15(17)13-22/h1-3,7-8,15-17,21-22H,4-6,9-13H2,(H2,19,20,23). The Hall–Kier alpha value is -1.59. The van der Waals surface area contributed by atoms with E-state index in [1.165, 1.54) is 0 Å². The number of carbonyl (C=O) groups is 1. The Balaban J connectivity index is 1.94. The number of aliphatic hydroxyl groups excluding tert-OH is 2. The van der Waals surface area contributed by atoms with Crippen molar-refractivity contribution in [3.63, 3.8) is 0 Å². The van der Waals surface area contributed by atoms with Crippen molar-refractivity contribution in [1.29, 1.82) is 0 Å². The second-order valence-electron chi connectivity index (χ2n) is 6.28. The Bertz CT molecular complexity index is 467. The molecule has 0 radical (unpaired) electrons. The van der Waals surface area contributed by atoms with Crippen LogP contribution < -0.4 is 10.6 Å². The molecular weight excluding hydrogens is 292 g/mol. The summed E-state index contributed by atoms with van der Waals surface area (Å²) in [6.07, 6.45) is 5.44. The number of carbonyl (C=O) groups excluding carboxylic acids is 1. The molecule has 128 valence electrons. The van der Waals surface area contributed by atoms with Crippen LogP contribution in [0.4, 0.5) is 4.79 Å². The minimum Gasteiger partial charge on any atom is -0.396 e. The number of benzene rings is 1. The van der Waals surface area contributed by atoms with E-state index in [0.29, 0.717) is 12.8 Å². The second kappa shape index (κ2) is 9.53.